The number of amides is 1. The summed E-state index contributed by atoms with van der Waals surface area (Å²) in [5.74, 6) is 1.22. The second kappa shape index (κ2) is 6.93. The Hall–Kier alpha value is -2.04. The molecular weight excluding hydrogens is 252 g/mol. The van der Waals surface area contributed by atoms with Gasteiger partial charge in [0.25, 0.3) is 0 Å². The number of nitrogens with zero attached hydrogens (tertiary/aromatic N) is 1. The maximum absolute atomic E-state index is 11.1. The Labute approximate surface area is 119 Å². The molecule has 5 heteroatoms. The lowest BCUT2D eigenvalue weighted by molar-refractivity contribution is 0.1000. The molecule has 2 rings (SSSR count). The molecule has 0 atom stereocenters. The zero-order valence-corrected chi connectivity index (χ0v) is 11.9. The van der Waals surface area contributed by atoms with E-state index in [9.17, 15) is 4.79 Å². The van der Waals surface area contributed by atoms with Crippen molar-refractivity contribution in [3.8, 4) is 0 Å². The van der Waals surface area contributed by atoms with Crippen LogP contribution in [0.2, 0.25) is 0 Å². The third kappa shape index (κ3) is 4.57. The van der Waals surface area contributed by atoms with E-state index in [0.29, 0.717) is 12.1 Å². The molecule has 1 saturated carbocycles. The molecule has 0 aromatic heterocycles. The maximum atomic E-state index is 11.1. The van der Waals surface area contributed by atoms with E-state index < -0.39 is 5.91 Å². The van der Waals surface area contributed by atoms with Crippen molar-refractivity contribution in [2.24, 2.45) is 16.6 Å². The molecule has 0 radical (unpaired) electrons. The summed E-state index contributed by atoms with van der Waals surface area (Å²) in [6.45, 7) is 4.38. The highest BCUT2D eigenvalue weighted by Gasteiger charge is 2.20. The van der Waals surface area contributed by atoms with E-state index in [4.69, 9.17) is 5.73 Å². The molecule has 0 heterocycles. The average Bonchev–Trinajstić information content (AvgIpc) is 3.26. The van der Waals surface area contributed by atoms with Crippen molar-refractivity contribution < 1.29 is 4.79 Å². The predicted molar refractivity (Wildman–Crippen MR) is 80.5 cm³/mol. The van der Waals surface area contributed by atoms with Crippen LogP contribution in [0.5, 0.6) is 0 Å². The minimum absolute atomic E-state index is 0.408. The van der Waals surface area contributed by atoms with Gasteiger partial charge in [-0.05, 0) is 43.4 Å². The Morgan fingerprint density at radius 2 is 2.20 bits per heavy atom. The average molecular weight is 274 g/mol. The summed E-state index contributed by atoms with van der Waals surface area (Å²) in [5.41, 5.74) is 6.77. The molecule has 0 unspecified atom stereocenters. The van der Waals surface area contributed by atoms with Gasteiger partial charge in [-0.2, -0.15) is 0 Å². The second-order valence-electron chi connectivity index (χ2n) is 5.08. The van der Waals surface area contributed by atoms with Gasteiger partial charge in [0, 0.05) is 18.7 Å². The molecule has 0 aliphatic heterocycles. The van der Waals surface area contributed by atoms with Crippen LogP contribution in [-0.2, 0) is 6.54 Å². The van der Waals surface area contributed by atoms with Gasteiger partial charge in [-0.1, -0.05) is 12.1 Å². The number of hydrogen-bond acceptors (Lipinski definition) is 2. The Morgan fingerprint density at radius 1 is 1.40 bits per heavy atom. The van der Waals surface area contributed by atoms with E-state index in [-0.39, 0.29) is 0 Å². The highest BCUT2D eigenvalue weighted by molar-refractivity contribution is 5.92. The Morgan fingerprint density at radius 3 is 2.85 bits per heavy atom. The molecule has 1 fully saturated rings. The molecule has 5 nitrogen and oxygen atoms in total. The first-order valence-corrected chi connectivity index (χ1v) is 7.10. The predicted octanol–water partition coefficient (Wildman–Crippen LogP) is 1.25. The number of carbonyl (C=O) groups excluding carboxylic acids is 1. The smallest absolute Gasteiger partial charge is 0.248 e. The summed E-state index contributed by atoms with van der Waals surface area (Å²) in [7, 11) is 0. The summed E-state index contributed by atoms with van der Waals surface area (Å²) in [6.07, 6.45) is 2.63. The Balaban J connectivity index is 1.95. The zero-order valence-electron chi connectivity index (χ0n) is 11.9. The van der Waals surface area contributed by atoms with Crippen LogP contribution in [0, 0.1) is 5.92 Å². The van der Waals surface area contributed by atoms with Gasteiger partial charge in [-0.3, -0.25) is 4.79 Å². The van der Waals surface area contributed by atoms with Crippen molar-refractivity contribution >= 4 is 11.9 Å². The number of benzene rings is 1. The van der Waals surface area contributed by atoms with Gasteiger partial charge in [-0.15, -0.1) is 0 Å². The topological polar surface area (TPSA) is 79.5 Å². The van der Waals surface area contributed by atoms with E-state index in [1.54, 1.807) is 12.1 Å². The van der Waals surface area contributed by atoms with Crippen LogP contribution in [-0.4, -0.2) is 25.0 Å². The SMILES string of the molecule is CCNC(=NCc1cccc(C(N)=O)c1)NCC1CC1. The molecular formula is C15H22N4O. The van der Waals surface area contributed by atoms with Crippen molar-refractivity contribution in [3.63, 3.8) is 0 Å². The lowest BCUT2D eigenvalue weighted by Gasteiger charge is -2.10. The van der Waals surface area contributed by atoms with Crippen LogP contribution in [0.1, 0.15) is 35.7 Å². The van der Waals surface area contributed by atoms with Gasteiger partial charge in [0.1, 0.15) is 0 Å². The first kappa shape index (κ1) is 14.4. The molecule has 108 valence electrons. The highest BCUT2D eigenvalue weighted by atomic mass is 16.1. The summed E-state index contributed by atoms with van der Waals surface area (Å²) >= 11 is 0. The van der Waals surface area contributed by atoms with Gasteiger partial charge in [0.2, 0.25) is 5.91 Å². The van der Waals surface area contributed by atoms with Crippen molar-refractivity contribution in [2.75, 3.05) is 13.1 Å². The standard InChI is InChI=1S/C15H22N4O/c1-2-17-15(18-9-11-6-7-11)19-10-12-4-3-5-13(8-12)14(16)20/h3-5,8,11H,2,6-7,9-10H2,1H3,(H2,16,20)(H2,17,18,19). The van der Waals surface area contributed by atoms with Crippen molar-refractivity contribution in [1.82, 2.24) is 10.6 Å². The Bertz CT molecular complexity index is 494. The maximum Gasteiger partial charge on any atom is 0.248 e. The molecule has 0 spiro atoms. The number of primary amides is 1. The minimum atomic E-state index is -0.408. The lowest BCUT2D eigenvalue weighted by Crippen LogP contribution is -2.38. The molecule has 1 aromatic rings. The van der Waals surface area contributed by atoms with Crippen LogP contribution >= 0.6 is 0 Å². The normalized spacial score (nSPS) is 14.9. The molecule has 0 saturated heterocycles. The summed E-state index contributed by atoms with van der Waals surface area (Å²) in [5, 5.41) is 6.56. The van der Waals surface area contributed by atoms with Crippen LogP contribution in [0.3, 0.4) is 0 Å². The number of rotatable bonds is 6. The van der Waals surface area contributed by atoms with Crippen molar-refractivity contribution in [2.45, 2.75) is 26.3 Å². The fraction of sp³-hybridized carbons (Fsp3) is 0.467. The van der Waals surface area contributed by atoms with E-state index in [1.165, 1.54) is 12.8 Å². The molecule has 20 heavy (non-hydrogen) atoms. The fourth-order valence-electron chi connectivity index (χ4n) is 1.90. The monoisotopic (exact) mass is 274 g/mol. The van der Waals surface area contributed by atoms with Crippen LogP contribution in [0.15, 0.2) is 29.3 Å². The quantitative estimate of drug-likeness (QED) is 0.539. The number of nitrogens with two attached hydrogens (primary N) is 1. The van der Waals surface area contributed by atoms with E-state index in [0.717, 1.165) is 30.5 Å². The van der Waals surface area contributed by atoms with Gasteiger partial charge >= 0.3 is 0 Å². The third-order valence-corrected chi connectivity index (χ3v) is 3.23. The highest BCUT2D eigenvalue weighted by Crippen LogP contribution is 2.27. The number of aliphatic imine (C=N–C) groups is 1. The van der Waals surface area contributed by atoms with Crippen LogP contribution in [0.4, 0.5) is 0 Å². The van der Waals surface area contributed by atoms with Crippen molar-refractivity contribution in [3.05, 3.63) is 35.4 Å². The van der Waals surface area contributed by atoms with Crippen LogP contribution < -0.4 is 16.4 Å². The first-order valence-electron chi connectivity index (χ1n) is 7.10. The second-order valence-corrected chi connectivity index (χ2v) is 5.08. The molecule has 4 N–H and O–H groups in total. The third-order valence-electron chi connectivity index (χ3n) is 3.23. The largest absolute Gasteiger partial charge is 0.366 e. The zero-order chi connectivity index (χ0) is 14.4. The Kier molecular flexibility index (Phi) is 4.98. The lowest BCUT2D eigenvalue weighted by atomic mass is 10.1. The molecule has 1 amide bonds. The number of nitrogens with one attached hydrogen (secondary N) is 2. The first-order chi connectivity index (χ1) is 9.69. The van der Waals surface area contributed by atoms with E-state index in [2.05, 4.69) is 15.6 Å². The molecule has 0 bridgehead atoms. The molecule has 1 aromatic carbocycles. The van der Waals surface area contributed by atoms with Gasteiger partial charge < -0.3 is 16.4 Å². The van der Waals surface area contributed by atoms with Crippen molar-refractivity contribution in [1.29, 1.82) is 0 Å². The van der Waals surface area contributed by atoms with Gasteiger partial charge in [0.15, 0.2) is 5.96 Å². The number of hydrogen-bond donors (Lipinski definition) is 3. The van der Waals surface area contributed by atoms with Crippen LogP contribution in [0.25, 0.3) is 0 Å². The van der Waals surface area contributed by atoms with Gasteiger partial charge in [-0.25, -0.2) is 4.99 Å². The minimum Gasteiger partial charge on any atom is -0.366 e. The molecule has 1 aliphatic carbocycles. The number of guanidine groups is 1. The van der Waals surface area contributed by atoms with Gasteiger partial charge in [0.05, 0.1) is 6.54 Å². The van der Waals surface area contributed by atoms with E-state index in [1.807, 2.05) is 19.1 Å². The van der Waals surface area contributed by atoms with E-state index >= 15 is 0 Å². The summed E-state index contributed by atoms with van der Waals surface area (Å²) in [4.78, 5) is 15.7. The fourth-order valence-corrected chi connectivity index (χ4v) is 1.90. The summed E-state index contributed by atoms with van der Waals surface area (Å²) in [6, 6.07) is 7.28. The number of carbonyl (C=O) groups is 1. The molecule has 1 aliphatic rings. The summed E-state index contributed by atoms with van der Waals surface area (Å²) < 4.78 is 0.